The van der Waals surface area contributed by atoms with Crippen LogP contribution in [-0.4, -0.2) is 59.0 Å². The maximum Gasteiger partial charge on any atom is 0.303 e. The predicted octanol–water partition coefficient (Wildman–Crippen LogP) is 5.48. The lowest BCUT2D eigenvalue weighted by Crippen LogP contribution is -2.32. The Morgan fingerprint density at radius 1 is 1.13 bits per heavy atom. The number of rotatable bonds is 12. The maximum atomic E-state index is 11.5. The molecule has 4 heterocycles. The summed E-state index contributed by atoms with van der Waals surface area (Å²) in [5, 5.41) is 16.1. The van der Waals surface area contributed by atoms with Crippen molar-refractivity contribution in [3.63, 3.8) is 0 Å². The van der Waals surface area contributed by atoms with E-state index in [4.69, 9.17) is 14.5 Å². The fourth-order valence-electron chi connectivity index (χ4n) is 4.65. The number of hydrogen-bond donors (Lipinski definition) is 2. The topological polar surface area (TPSA) is 96.8 Å². The quantitative estimate of drug-likeness (QED) is 0.272. The van der Waals surface area contributed by atoms with E-state index in [0.29, 0.717) is 17.9 Å². The SMILES string of the molecule is Cl.O=C(O)C[C@H](Cc1csc(CCCCNc2cc(N3CCSCC3)ccn2)n1)c1ccc2c(c1)OCO2. The zero-order chi connectivity index (χ0) is 25.5. The van der Waals surface area contributed by atoms with Gasteiger partial charge in [-0.2, -0.15) is 11.8 Å². The van der Waals surface area contributed by atoms with E-state index < -0.39 is 5.97 Å². The van der Waals surface area contributed by atoms with E-state index in [-0.39, 0.29) is 31.5 Å². The summed E-state index contributed by atoms with van der Waals surface area (Å²) < 4.78 is 10.9. The van der Waals surface area contributed by atoms with Crippen molar-refractivity contribution in [3.8, 4) is 11.5 Å². The number of thiazole rings is 1. The first-order chi connectivity index (χ1) is 18.1. The smallest absolute Gasteiger partial charge is 0.303 e. The van der Waals surface area contributed by atoms with Crippen LogP contribution in [-0.2, 0) is 17.6 Å². The van der Waals surface area contributed by atoms with Crippen LogP contribution in [0.1, 0.15) is 41.4 Å². The van der Waals surface area contributed by atoms with Crippen molar-refractivity contribution < 1.29 is 19.4 Å². The minimum Gasteiger partial charge on any atom is -0.481 e. The van der Waals surface area contributed by atoms with Crippen molar-refractivity contribution >= 4 is 53.0 Å². The second-order valence-corrected chi connectivity index (χ2v) is 11.4. The molecule has 5 rings (SSSR count). The Bertz CT molecular complexity index is 1210. The maximum absolute atomic E-state index is 11.5. The summed E-state index contributed by atoms with van der Waals surface area (Å²) in [5.41, 5.74) is 3.12. The molecule has 2 N–H and O–H groups in total. The van der Waals surface area contributed by atoms with E-state index in [2.05, 4.69) is 32.7 Å². The minimum absolute atomic E-state index is 0. The molecular formula is C27H33ClN4O4S2. The molecule has 2 aliphatic rings. The van der Waals surface area contributed by atoms with Gasteiger partial charge in [0.1, 0.15) is 5.82 Å². The summed E-state index contributed by atoms with van der Waals surface area (Å²) in [5.74, 6) is 3.68. The number of ether oxygens (including phenoxy) is 2. The molecule has 8 nitrogen and oxygen atoms in total. The van der Waals surface area contributed by atoms with Crippen LogP contribution in [0.2, 0.25) is 0 Å². The molecule has 0 unspecified atom stereocenters. The van der Waals surface area contributed by atoms with Crippen LogP contribution in [0.25, 0.3) is 0 Å². The first-order valence-corrected chi connectivity index (χ1v) is 14.7. The van der Waals surface area contributed by atoms with Gasteiger partial charge in [-0.1, -0.05) is 6.07 Å². The summed E-state index contributed by atoms with van der Waals surface area (Å²) in [6, 6.07) is 9.92. The Hall–Kier alpha value is -2.69. The third-order valence-corrected chi connectivity index (χ3v) is 8.49. The fourth-order valence-corrected chi connectivity index (χ4v) is 6.40. The average Bonchev–Trinajstić information content (AvgIpc) is 3.57. The molecule has 2 aromatic heterocycles. The fraction of sp³-hybridized carbons (Fsp3) is 0.444. The van der Waals surface area contributed by atoms with E-state index in [1.807, 2.05) is 36.2 Å². The van der Waals surface area contributed by atoms with Crippen molar-refractivity contribution in [1.29, 1.82) is 0 Å². The number of carboxylic acids is 1. The highest BCUT2D eigenvalue weighted by molar-refractivity contribution is 7.99. The van der Waals surface area contributed by atoms with E-state index in [1.165, 1.54) is 17.2 Å². The molecular weight excluding hydrogens is 544 g/mol. The molecule has 1 atom stereocenters. The molecule has 3 aromatic rings. The number of benzene rings is 1. The second-order valence-electron chi connectivity index (χ2n) is 9.23. The lowest BCUT2D eigenvalue weighted by Gasteiger charge is -2.28. The number of fused-ring (bicyclic) bond motifs is 1. The average molecular weight is 577 g/mol. The molecule has 11 heteroatoms. The molecule has 1 fully saturated rings. The zero-order valence-electron chi connectivity index (χ0n) is 21.1. The number of hydrogen-bond acceptors (Lipinski definition) is 9. The lowest BCUT2D eigenvalue weighted by atomic mass is 9.91. The number of anilines is 2. The number of unbranched alkanes of at least 4 members (excludes halogenated alkanes) is 1. The van der Waals surface area contributed by atoms with Crippen LogP contribution in [0.4, 0.5) is 11.5 Å². The number of carbonyl (C=O) groups is 1. The van der Waals surface area contributed by atoms with E-state index in [1.54, 1.807) is 11.3 Å². The van der Waals surface area contributed by atoms with Gasteiger partial charge in [0.15, 0.2) is 11.5 Å². The molecule has 0 saturated carbocycles. The highest BCUT2D eigenvalue weighted by Crippen LogP contribution is 2.36. The first kappa shape index (κ1) is 28.3. The number of aliphatic carboxylic acids is 1. The largest absolute Gasteiger partial charge is 0.481 e. The zero-order valence-corrected chi connectivity index (χ0v) is 23.6. The summed E-state index contributed by atoms with van der Waals surface area (Å²) >= 11 is 3.67. The van der Waals surface area contributed by atoms with Gasteiger partial charge >= 0.3 is 5.97 Å². The van der Waals surface area contributed by atoms with Crippen LogP contribution in [0.3, 0.4) is 0 Å². The molecule has 204 valence electrons. The number of carboxylic acid groups (broad SMARTS) is 1. The molecule has 1 aromatic carbocycles. The van der Waals surface area contributed by atoms with E-state index in [9.17, 15) is 9.90 Å². The normalized spacial score (nSPS) is 15.1. The molecule has 0 aliphatic carbocycles. The van der Waals surface area contributed by atoms with Gasteiger partial charge in [-0.25, -0.2) is 9.97 Å². The van der Waals surface area contributed by atoms with Gasteiger partial charge in [0.05, 0.1) is 17.1 Å². The van der Waals surface area contributed by atoms with Crippen LogP contribution in [0.5, 0.6) is 11.5 Å². The second kappa shape index (κ2) is 13.9. The Morgan fingerprint density at radius 3 is 2.82 bits per heavy atom. The van der Waals surface area contributed by atoms with E-state index in [0.717, 1.165) is 61.0 Å². The molecule has 0 bridgehead atoms. The number of pyridine rings is 1. The number of nitrogens with zero attached hydrogens (tertiary/aromatic N) is 3. The summed E-state index contributed by atoms with van der Waals surface area (Å²) in [7, 11) is 0. The van der Waals surface area contributed by atoms with Gasteiger partial charge in [0, 0.05) is 60.4 Å². The highest BCUT2D eigenvalue weighted by atomic mass is 35.5. The monoisotopic (exact) mass is 576 g/mol. The number of aryl methyl sites for hydroxylation is 1. The molecule has 0 amide bonds. The molecule has 2 aliphatic heterocycles. The van der Waals surface area contributed by atoms with Crippen LogP contribution < -0.4 is 19.7 Å². The Morgan fingerprint density at radius 2 is 1.97 bits per heavy atom. The summed E-state index contributed by atoms with van der Waals surface area (Å²) in [4.78, 5) is 23.2. The Kier molecular flexibility index (Phi) is 10.4. The van der Waals surface area contributed by atoms with Crippen LogP contribution in [0, 0.1) is 0 Å². The third-order valence-electron chi connectivity index (χ3n) is 6.59. The number of halogens is 1. The number of aromatic nitrogens is 2. The van der Waals surface area contributed by atoms with Crippen molar-refractivity contribution in [2.24, 2.45) is 0 Å². The van der Waals surface area contributed by atoms with Gasteiger partial charge in [-0.3, -0.25) is 4.79 Å². The van der Waals surface area contributed by atoms with Gasteiger partial charge in [0.2, 0.25) is 6.79 Å². The van der Waals surface area contributed by atoms with Gasteiger partial charge < -0.3 is 24.8 Å². The first-order valence-electron chi connectivity index (χ1n) is 12.7. The van der Waals surface area contributed by atoms with Crippen molar-refractivity contribution in [3.05, 3.63) is 58.2 Å². The van der Waals surface area contributed by atoms with E-state index >= 15 is 0 Å². The minimum atomic E-state index is -0.819. The highest BCUT2D eigenvalue weighted by Gasteiger charge is 2.22. The van der Waals surface area contributed by atoms with Crippen LogP contribution in [0.15, 0.2) is 41.9 Å². The van der Waals surface area contributed by atoms with Crippen molar-refractivity contribution in [2.75, 3.05) is 48.1 Å². The van der Waals surface area contributed by atoms with Gasteiger partial charge in [-0.15, -0.1) is 23.7 Å². The Balaban J connectivity index is 0.00000336. The molecule has 38 heavy (non-hydrogen) atoms. The predicted molar refractivity (Wildman–Crippen MR) is 156 cm³/mol. The van der Waals surface area contributed by atoms with Crippen molar-refractivity contribution in [2.45, 2.75) is 38.0 Å². The third kappa shape index (κ3) is 7.68. The van der Waals surface area contributed by atoms with Crippen molar-refractivity contribution in [1.82, 2.24) is 9.97 Å². The lowest BCUT2D eigenvalue weighted by molar-refractivity contribution is -0.137. The molecule has 0 radical (unpaired) electrons. The molecule has 1 saturated heterocycles. The molecule has 0 spiro atoms. The summed E-state index contributed by atoms with van der Waals surface area (Å²) in [6.07, 6.45) is 5.49. The summed E-state index contributed by atoms with van der Waals surface area (Å²) in [6.45, 7) is 3.26. The van der Waals surface area contributed by atoms with Gasteiger partial charge in [0.25, 0.3) is 0 Å². The van der Waals surface area contributed by atoms with Gasteiger partial charge in [-0.05, 0) is 49.4 Å². The number of thioether (sulfide) groups is 1. The van der Waals surface area contributed by atoms with Crippen LogP contribution >= 0.6 is 35.5 Å². The standard InChI is InChI=1S/C27H32N4O4S2.ClH/c32-27(33)15-20(19-4-5-23-24(14-19)35-18-34-23)13-21-17-37-26(30-21)3-1-2-7-28-25-16-22(6-8-29-25)31-9-11-36-12-10-31;/h4-6,8,14,16-17,20H,1-3,7,9-13,15,18H2,(H,28,29)(H,32,33);1H/t20-;/m0./s1. The Labute approximate surface area is 237 Å². The number of nitrogens with one attached hydrogen (secondary N) is 1.